The van der Waals surface area contributed by atoms with Crippen molar-refractivity contribution in [3.63, 3.8) is 0 Å². The lowest BCUT2D eigenvalue weighted by atomic mass is 9.91. The van der Waals surface area contributed by atoms with Crippen molar-refractivity contribution in [3.8, 4) is 6.07 Å². The Morgan fingerprint density at radius 3 is 2.46 bits per heavy atom. The van der Waals surface area contributed by atoms with E-state index in [1.807, 2.05) is 37.3 Å². The Balaban J connectivity index is 1.67. The van der Waals surface area contributed by atoms with Crippen LogP contribution in [0.4, 0.5) is 23.0 Å². The second kappa shape index (κ2) is 11.2. The van der Waals surface area contributed by atoms with Gasteiger partial charge in [0.05, 0.1) is 16.9 Å². The Morgan fingerprint density at radius 1 is 1.11 bits per heavy atom. The van der Waals surface area contributed by atoms with Gasteiger partial charge in [0, 0.05) is 29.3 Å². The van der Waals surface area contributed by atoms with Gasteiger partial charge in [-0.25, -0.2) is 9.97 Å². The van der Waals surface area contributed by atoms with E-state index in [4.69, 9.17) is 23.2 Å². The molecule has 186 valence electrons. The molecule has 37 heavy (non-hydrogen) atoms. The average molecular weight is 533 g/mol. The van der Waals surface area contributed by atoms with Crippen molar-refractivity contribution in [2.75, 3.05) is 17.3 Å². The van der Waals surface area contributed by atoms with Crippen LogP contribution in [-0.4, -0.2) is 21.9 Å². The summed E-state index contributed by atoms with van der Waals surface area (Å²) in [5.41, 5.74) is 3.37. The molecule has 0 saturated heterocycles. The van der Waals surface area contributed by atoms with Gasteiger partial charge in [-0.15, -0.1) is 0 Å². The van der Waals surface area contributed by atoms with Gasteiger partial charge in [0.15, 0.2) is 0 Å². The van der Waals surface area contributed by atoms with Crippen LogP contribution in [0.15, 0.2) is 73.1 Å². The molecular formula is C27H22Cl2N6O2. The first kappa shape index (κ1) is 25.9. The molecule has 0 saturated carbocycles. The highest BCUT2D eigenvalue weighted by molar-refractivity contribution is 6.32. The van der Waals surface area contributed by atoms with E-state index in [-0.39, 0.29) is 17.3 Å². The van der Waals surface area contributed by atoms with Crippen molar-refractivity contribution in [2.45, 2.75) is 19.4 Å². The fraction of sp³-hybridized carbons (Fsp3) is 0.148. The number of nitriles is 1. The molecule has 0 fully saturated rings. The lowest BCUT2D eigenvalue weighted by Crippen LogP contribution is -2.20. The van der Waals surface area contributed by atoms with Gasteiger partial charge in [-0.2, -0.15) is 5.26 Å². The molecule has 0 aliphatic carbocycles. The van der Waals surface area contributed by atoms with Gasteiger partial charge in [-0.05, 0) is 47.4 Å². The zero-order chi connectivity index (χ0) is 26.5. The van der Waals surface area contributed by atoms with Crippen LogP contribution in [0.25, 0.3) is 0 Å². The van der Waals surface area contributed by atoms with Crippen molar-refractivity contribution in [1.82, 2.24) is 9.97 Å². The third-order valence-electron chi connectivity index (χ3n) is 5.85. The number of halogens is 2. The van der Waals surface area contributed by atoms with E-state index in [1.54, 1.807) is 48.3 Å². The van der Waals surface area contributed by atoms with Gasteiger partial charge in [0.1, 0.15) is 6.33 Å². The number of rotatable bonds is 8. The maximum absolute atomic E-state index is 12.1. The van der Waals surface area contributed by atoms with Crippen LogP contribution in [0.5, 0.6) is 0 Å². The van der Waals surface area contributed by atoms with Crippen LogP contribution in [0, 0.1) is 28.4 Å². The molecule has 4 aromatic rings. The van der Waals surface area contributed by atoms with Gasteiger partial charge in [0.25, 0.3) is 0 Å². The van der Waals surface area contributed by atoms with Gasteiger partial charge in [-0.3, -0.25) is 10.1 Å². The number of anilines is 3. The third kappa shape index (κ3) is 5.80. The fourth-order valence-electron chi connectivity index (χ4n) is 4.01. The van der Waals surface area contributed by atoms with Crippen molar-refractivity contribution in [2.24, 2.45) is 0 Å². The Hall–Kier alpha value is -4.19. The highest BCUT2D eigenvalue weighted by Crippen LogP contribution is 2.38. The minimum absolute atomic E-state index is 0.0383. The van der Waals surface area contributed by atoms with E-state index < -0.39 is 10.8 Å². The van der Waals surface area contributed by atoms with E-state index >= 15 is 0 Å². The predicted octanol–water partition coefficient (Wildman–Crippen LogP) is 7.04. The minimum Gasteiger partial charge on any atom is -0.349 e. The van der Waals surface area contributed by atoms with Crippen molar-refractivity contribution >= 4 is 46.2 Å². The number of aromatic nitrogens is 2. The molecule has 1 N–H and O–H groups in total. The zero-order valence-electron chi connectivity index (χ0n) is 20.0. The van der Waals surface area contributed by atoms with Crippen LogP contribution >= 0.6 is 23.2 Å². The number of hydrogen-bond acceptors (Lipinski definition) is 7. The number of benzene rings is 3. The summed E-state index contributed by atoms with van der Waals surface area (Å²) in [6, 6.07) is 22.3. The number of nitro groups is 1. The molecule has 1 atom stereocenters. The molecule has 4 rings (SSSR count). The SMILES string of the molecule is Cc1cc(C(C#N)c2ccc(Cl)cc2)c(Cl)cc1Nc1ncnc(N(C)Cc2ccccc2)c1[N+](=O)[O-]. The van der Waals surface area contributed by atoms with Gasteiger partial charge >= 0.3 is 5.69 Å². The molecule has 0 bridgehead atoms. The van der Waals surface area contributed by atoms with Crippen LogP contribution in [0.3, 0.4) is 0 Å². The van der Waals surface area contributed by atoms with Crippen LogP contribution in [0.1, 0.15) is 28.2 Å². The molecule has 1 heterocycles. The Bertz CT molecular complexity index is 1470. The monoisotopic (exact) mass is 532 g/mol. The molecule has 8 nitrogen and oxygen atoms in total. The van der Waals surface area contributed by atoms with Crippen molar-refractivity contribution < 1.29 is 4.92 Å². The molecule has 0 aliphatic heterocycles. The van der Waals surface area contributed by atoms with E-state index in [0.717, 1.165) is 16.7 Å². The lowest BCUT2D eigenvalue weighted by Gasteiger charge is -2.20. The summed E-state index contributed by atoms with van der Waals surface area (Å²) in [5, 5.41) is 25.9. The average Bonchev–Trinajstić information content (AvgIpc) is 2.88. The third-order valence-corrected chi connectivity index (χ3v) is 6.43. The summed E-state index contributed by atoms with van der Waals surface area (Å²) in [7, 11) is 1.74. The quantitative estimate of drug-likeness (QED) is 0.191. The van der Waals surface area contributed by atoms with E-state index in [9.17, 15) is 15.4 Å². The first-order valence-electron chi connectivity index (χ1n) is 11.2. The normalized spacial score (nSPS) is 11.4. The number of hydrogen-bond donors (Lipinski definition) is 1. The molecular weight excluding hydrogens is 511 g/mol. The maximum Gasteiger partial charge on any atom is 0.353 e. The first-order valence-corrected chi connectivity index (χ1v) is 12.0. The standard InChI is InChI=1S/C27H22Cl2N6O2/c1-17-12-21(22(14-30)19-8-10-20(28)11-9-19)23(29)13-24(17)33-26-25(35(36)37)27(32-16-31-26)34(2)15-18-6-4-3-5-7-18/h3-13,16,22H,15H2,1-2H3,(H,31,32,33). The highest BCUT2D eigenvalue weighted by atomic mass is 35.5. The van der Waals surface area contributed by atoms with Crippen LogP contribution in [0.2, 0.25) is 10.0 Å². The van der Waals surface area contributed by atoms with Crippen LogP contribution in [-0.2, 0) is 6.54 Å². The number of aryl methyl sites for hydroxylation is 1. The zero-order valence-corrected chi connectivity index (χ0v) is 21.5. The summed E-state index contributed by atoms with van der Waals surface area (Å²) in [4.78, 5) is 21.6. The van der Waals surface area contributed by atoms with E-state index in [0.29, 0.717) is 27.8 Å². The minimum atomic E-state index is -0.607. The van der Waals surface area contributed by atoms with E-state index in [1.165, 1.54) is 6.33 Å². The summed E-state index contributed by atoms with van der Waals surface area (Å²) in [6.45, 7) is 2.26. The second-order valence-corrected chi connectivity index (χ2v) is 9.26. The van der Waals surface area contributed by atoms with Crippen molar-refractivity contribution in [3.05, 3.63) is 115 Å². The fourth-order valence-corrected chi connectivity index (χ4v) is 4.41. The Morgan fingerprint density at radius 2 is 1.81 bits per heavy atom. The second-order valence-electron chi connectivity index (χ2n) is 8.42. The molecule has 1 unspecified atom stereocenters. The molecule has 0 radical (unpaired) electrons. The van der Waals surface area contributed by atoms with Gasteiger partial charge in [-0.1, -0.05) is 71.7 Å². The lowest BCUT2D eigenvalue weighted by molar-refractivity contribution is -0.383. The molecule has 3 aromatic carbocycles. The summed E-state index contributed by atoms with van der Waals surface area (Å²) >= 11 is 12.6. The smallest absolute Gasteiger partial charge is 0.349 e. The Labute approximate surface area is 224 Å². The van der Waals surface area contributed by atoms with Gasteiger partial charge in [0.2, 0.25) is 11.6 Å². The molecule has 0 aliphatic rings. The van der Waals surface area contributed by atoms with E-state index in [2.05, 4.69) is 21.4 Å². The highest BCUT2D eigenvalue weighted by Gasteiger charge is 2.27. The maximum atomic E-state index is 12.1. The first-order chi connectivity index (χ1) is 17.8. The number of nitrogens with zero attached hydrogens (tertiary/aromatic N) is 5. The topological polar surface area (TPSA) is 108 Å². The van der Waals surface area contributed by atoms with Gasteiger partial charge < -0.3 is 10.2 Å². The molecule has 0 amide bonds. The largest absolute Gasteiger partial charge is 0.353 e. The molecule has 10 heteroatoms. The Kier molecular flexibility index (Phi) is 7.87. The molecule has 0 spiro atoms. The van der Waals surface area contributed by atoms with Crippen molar-refractivity contribution in [1.29, 1.82) is 5.26 Å². The summed E-state index contributed by atoms with van der Waals surface area (Å²) in [5.74, 6) is -0.389. The predicted molar refractivity (Wildman–Crippen MR) is 146 cm³/mol. The summed E-state index contributed by atoms with van der Waals surface area (Å²) < 4.78 is 0. The number of nitrogens with one attached hydrogen (secondary N) is 1. The summed E-state index contributed by atoms with van der Waals surface area (Å²) in [6.07, 6.45) is 1.28. The molecule has 1 aromatic heterocycles. The van der Waals surface area contributed by atoms with Crippen LogP contribution < -0.4 is 10.2 Å².